The summed E-state index contributed by atoms with van der Waals surface area (Å²) < 4.78 is 29.3. The minimum absolute atomic E-state index is 0.0593. The summed E-state index contributed by atoms with van der Waals surface area (Å²) in [5.74, 6) is -3.61. The van der Waals surface area contributed by atoms with Crippen LogP contribution in [-0.4, -0.2) is 28.0 Å². The number of nitrogens with one attached hydrogen (secondary N) is 1. The van der Waals surface area contributed by atoms with E-state index in [0.717, 1.165) is 30.2 Å². The van der Waals surface area contributed by atoms with Gasteiger partial charge in [0.1, 0.15) is 17.2 Å². The molecule has 9 heteroatoms. The molecule has 0 saturated heterocycles. The van der Waals surface area contributed by atoms with Crippen molar-refractivity contribution in [2.45, 2.75) is 38.8 Å². The summed E-state index contributed by atoms with van der Waals surface area (Å²) >= 11 is 0. The lowest BCUT2D eigenvalue weighted by Gasteiger charge is -2.39. The number of aromatic nitrogens is 1. The van der Waals surface area contributed by atoms with Gasteiger partial charge in [-0.2, -0.15) is 0 Å². The second-order valence-corrected chi connectivity index (χ2v) is 8.90. The van der Waals surface area contributed by atoms with Crippen LogP contribution < -0.4 is 15.6 Å². The molecule has 2 aliphatic heterocycles. The van der Waals surface area contributed by atoms with Crippen LogP contribution in [-0.2, 0) is 13.0 Å². The maximum absolute atomic E-state index is 14.3. The first-order valence-corrected chi connectivity index (χ1v) is 11.4. The molecule has 5 rings (SSSR count). The molecule has 3 heterocycles. The Morgan fingerprint density at radius 3 is 2.74 bits per heavy atom. The van der Waals surface area contributed by atoms with E-state index in [1.165, 1.54) is 23.8 Å². The van der Waals surface area contributed by atoms with Gasteiger partial charge in [-0.1, -0.05) is 24.3 Å². The number of anilines is 1. The highest BCUT2D eigenvalue weighted by Gasteiger charge is 2.37. The molecule has 2 amide bonds. The van der Waals surface area contributed by atoms with Gasteiger partial charge < -0.3 is 19.9 Å². The zero-order chi connectivity index (χ0) is 24.9. The van der Waals surface area contributed by atoms with Gasteiger partial charge in [0, 0.05) is 36.1 Å². The Bertz CT molecular complexity index is 1430. The molecule has 2 bridgehead atoms. The maximum atomic E-state index is 14.3. The van der Waals surface area contributed by atoms with Gasteiger partial charge in [-0.25, -0.2) is 8.78 Å². The van der Waals surface area contributed by atoms with Crippen LogP contribution in [0, 0.1) is 18.6 Å². The van der Waals surface area contributed by atoms with E-state index in [4.69, 9.17) is 0 Å². The second-order valence-electron chi connectivity index (χ2n) is 8.90. The Labute approximate surface area is 199 Å². The predicted molar refractivity (Wildman–Crippen MR) is 125 cm³/mol. The van der Waals surface area contributed by atoms with Gasteiger partial charge in [0.05, 0.1) is 6.04 Å². The van der Waals surface area contributed by atoms with Crippen molar-refractivity contribution in [3.63, 3.8) is 0 Å². The number of aryl methyl sites for hydroxylation is 1. The van der Waals surface area contributed by atoms with Crippen molar-refractivity contribution >= 4 is 17.5 Å². The van der Waals surface area contributed by atoms with Crippen LogP contribution in [0.25, 0.3) is 0 Å². The number of carbonyl (C=O) groups is 2. The Hall–Kier alpha value is -4.01. The molecule has 7 nitrogen and oxygen atoms in total. The quantitative estimate of drug-likeness (QED) is 0.601. The van der Waals surface area contributed by atoms with E-state index in [1.807, 2.05) is 24.3 Å². The molecule has 2 aliphatic rings. The lowest BCUT2D eigenvalue weighted by atomic mass is 9.95. The van der Waals surface area contributed by atoms with Gasteiger partial charge in [0.15, 0.2) is 11.4 Å². The number of hydrogen-bond acceptors (Lipinski definition) is 4. The molecule has 1 aromatic heterocycles. The molecule has 0 fully saturated rings. The fourth-order valence-corrected chi connectivity index (χ4v) is 4.87. The molecule has 180 valence electrons. The first kappa shape index (κ1) is 22.8. The minimum atomic E-state index is -0.983. The molecule has 3 aromatic rings. The summed E-state index contributed by atoms with van der Waals surface area (Å²) in [7, 11) is 0. The molecular formula is C26H23F2N3O4. The van der Waals surface area contributed by atoms with Crippen molar-refractivity contribution in [2.24, 2.45) is 0 Å². The van der Waals surface area contributed by atoms with Crippen molar-refractivity contribution in [3.05, 3.63) is 92.4 Å². The number of hydrogen-bond donors (Lipinski definition) is 2. The first-order valence-electron chi connectivity index (χ1n) is 11.4. The van der Waals surface area contributed by atoms with E-state index < -0.39 is 34.6 Å². The molecule has 35 heavy (non-hydrogen) atoms. The highest BCUT2D eigenvalue weighted by molar-refractivity contribution is 6.08. The van der Waals surface area contributed by atoms with Crippen LogP contribution in [0.15, 0.2) is 47.4 Å². The van der Waals surface area contributed by atoms with Crippen LogP contribution in [0.3, 0.4) is 0 Å². The normalized spacial score (nSPS) is 16.7. The third-order valence-corrected chi connectivity index (χ3v) is 6.79. The summed E-state index contributed by atoms with van der Waals surface area (Å²) in [6.07, 6.45) is 3.57. The zero-order valence-corrected chi connectivity index (χ0v) is 19.0. The number of amides is 2. The Balaban J connectivity index is 1.50. The number of benzene rings is 2. The molecular weight excluding hydrogens is 456 g/mol. The number of nitrogens with zero attached hydrogens (tertiary/aromatic N) is 2. The highest BCUT2D eigenvalue weighted by atomic mass is 19.1. The van der Waals surface area contributed by atoms with E-state index in [-0.39, 0.29) is 35.0 Å². The first-order chi connectivity index (χ1) is 16.8. The summed E-state index contributed by atoms with van der Waals surface area (Å²) in [5, 5.41) is 13.2. The highest BCUT2D eigenvalue weighted by Crippen LogP contribution is 2.36. The van der Waals surface area contributed by atoms with Crippen molar-refractivity contribution in [1.82, 2.24) is 9.88 Å². The molecule has 0 radical (unpaired) electrons. The van der Waals surface area contributed by atoms with Gasteiger partial charge in [-0.05, 0) is 43.9 Å². The smallest absolute Gasteiger partial charge is 0.279 e. The third-order valence-electron chi connectivity index (χ3n) is 6.79. The SMILES string of the molecule is Cc1c(F)ccc(CNC(=O)c2cn3c(c(O)c2=O)C(=O)N2C[C@H]3CCCc3ccccc32)c1F. The van der Waals surface area contributed by atoms with Crippen LogP contribution in [0.5, 0.6) is 5.75 Å². The number of aromatic hydroxyl groups is 1. The second kappa shape index (κ2) is 8.65. The van der Waals surface area contributed by atoms with E-state index in [2.05, 4.69) is 5.32 Å². The zero-order valence-electron chi connectivity index (χ0n) is 19.0. The van der Waals surface area contributed by atoms with Gasteiger partial charge in [0.25, 0.3) is 11.8 Å². The van der Waals surface area contributed by atoms with E-state index in [0.29, 0.717) is 13.0 Å². The van der Waals surface area contributed by atoms with Crippen molar-refractivity contribution in [1.29, 1.82) is 0 Å². The van der Waals surface area contributed by atoms with Crippen LogP contribution in [0.2, 0.25) is 0 Å². The van der Waals surface area contributed by atoms with Crippen LogP contribution in [0.1, 0.15) is 56.4 Å². The summed E-state index contributed by atoms with van der Waals surface area (Å²) in [6.45, 7) is 1.35. The van der Waals surface area contributed by atoms with E-state index in [1.54, 1.807) is 4.90 Å². The average molecular weight is 479 g/mol. The fraction of sp³-hybridized carbons (Fsp3) is 0.269. The van der Waals surface area contributed by atoms with Crippen LogP contribution in [0.4, 0.5) is 14.5 Å². The number of pyridine rings is 1. The van der Waals surface area contributed by atoms with E-state index in [9.17, 15) is 28.3 Å². The van der Waals surface area contributed by atoms with E-state index >= 15 is 0 Å². The number of carbonyl (C=O) groups excluding carboxylic acids is 2. The van der Waals surface area contributed by atoms with Crippen molar-refractivity contribution in [2.75, 3.05) is 11.4 Å². The molecule has 0 aliphatic carbocycles. The lowest BCUT2D eigenvalue weighted by molar-refractivity contribution is 0.0927. The average Bonchev–Trinajstić information content (AvgIpc) is 2.84. The Morgan fingerprint density at radius 1 is 1.17 bits per heavy atom. The molecule has 2 N–H and O–H groups in total. The third kappa shape index (κ3) is 3.77. The number of rotatable bonds is 3. The number of fused-ring (bicyclic) bond motifs is 6. The monoisotopic (exact) mass is 479 g/mol. The Kier molecular flexibility index (Phi) is 5.62. The summed E-state index contributed by atoms with van der Waals surface area (Å²) in [6, 6.07) is 9.63. The summed E-state index contributed by atoms with van der Waals surface area (Å²) in [4.78, 5) is 40.7. The number of para-hydroxylation sites is 1. The fourth-order valence-electron chi connectivity index (χ4n) is 4.87. The molecule has 1 atom stereocenters. The predicted octanol–water partition coefficient (Wildman–Crippen LogP) is 3.61. The molecule has 0 spiro atoms. The number of halogens is 2. The minimum Gasteiger partial charge on any atom is -0.503 e. The molecule has 0 saturated carbocycles. The van der Waals surface area contributed by atoms with Gasteiger partial charge >= 0.3 is 0 Å². The maximum Gasteiger partial charge on any atom is 0.279 e. The van der Waals surface area contributed by atoms with Crippen LogP contribution >= 0.6 is 0 Å². The van der Waals surface area contributed by atoms with Gasteiger partial charge in [-0.15, -0.1) is 0 Å². The molecule has 0 unspecified atom stereocenters. The van der Waals surface area contributed by atoms with Crippen molar-refractivity contribution in [3.8, 4) is 5.75 Å². The standard InChI is InChI=1S/C26H23F2N3O4/c1-14-19(27)10-9-16(21(14)28)11-29-25(34)18-13-30-17-7-4-6-15-5-2-3-8-20(15)31(12-17)26(35)22(30)24(33)23(18)32/h2-3,5,8-10,13,17,33H,4,6-7,11-12H2,1H3,(H,29,34)/t17-/m1/s1. The molecule has 2 aromatic carbocycles. The van der Waals surface area contributed by atoms with Gasteiger partial charge in [-0.3, -0.25) is 14.4 Å². The Morgan fingerprint density at radius 2 is 1.94 bits per heavy atom. The topological polar surface area (TPSA) is 91.6 Å². The van der Waals surface area contributed by atoms with Gasteiger partial charge in [0.2, 0.25) is 5.43 Å². The summed E-state index contributed by atoms with van der Waals surface area (Å²) in [5.41, 5.74) is 0.173. The largest absolute Gasteiger partial charge is 0.503 e. The van der Waals surface area contributed by atoms with Crippen molar-refractivity contribution < 1.29 is 23.5 Å². The lowest BCUT2D eigenvalue weighted by Crippen LogP contribution is -2.46.